The summed E-state index contributed by atoms with van der Waals surface area (Å²) in [6, 6.07) is 9.39. The fourth-order valence-electron chi connectivity index (χ4n) is 1.90. The van der Waals surface area contributed by atoms with Crippen LogP contribution in [0.1, 0.15) is 11.6 Å². The molecule has 2 aromatic carbocycles. The second kappa shape index (κ2) is 6.45. The lowest BCUT2D eigenvalue weighted by molar-refractivity contribution is -0.138. The van der Waals surface area contributed by atoms with Crippen LogP contribution in [0.3, 0.4) is 0 Å². The van der Waals surface area contributed by atoms with Gasteiger partial charge in [-0.05, 0) is 36.4 Å². The molecule has 2 aromatic rings. The van der Waals surface area contributed by atoms with Gasteiger partial charge in [-0.3, -0.25) is 0 Å². The molecule has 1 unspecified atom stereocenters. The van der Waals surface area contributed by atoms with Gasteiger partial charge in [0.15, 0.2) is 6.04 Å². The van der Waals surface area contributed by atoms with E-state index in [9.17, 15) is 14.3 Å². The number of nitrogens with one attached hydrogen (secondary N) is 1. The summed E-state index contributed by atoms with van der Waals surface area (Å²) < 4.78 is 18.9. The predicted molar refractivity (Wildman–Crippen MR) is 78.4 cm³/mol. The van der Waals surface area contributed by atoms with Crippen molar-refractivity contribution in [2.45, 2.75) is 6.04 Å². The van der Waals surface area contributed by atoms with Crippen molar-refractivity contribution >= 4 is 23.3 Å². The third kappa shape index (κ3) is 3.44. The fourth-order valence-corrected chi connectivity index (χ4v) is 2.17. The molecule has 0 aromatic heterocycles. The van der Waals surface area contributed by atoms with Gasteiger partial charge in [-0.2, -0.15) is 0 Å². The zero-order chi connectivity index (χ0) is 15.4. The summed E-state index contributed by atoms with van der Waals surface area (Å²) in [7, 11) is 1.53. The molecule has 110 valence electrons. The number of aliphatic carboxylic acids is 1. The van der Waals surface area contributed by atoms with Gasteiger partial charge in [-0.25, -0.2) is 9.18 Å². The molecule has 4 nitrogen and oxygen atoms in total. The lowest BCUT2D eigenvalue weighted by Crippen LogP contribution is -2.22. The summed E-state index contributed by atoms with van der Waals surface area (Å²) in [4.78, 5) is 11.4. The number of halogens is 2. The van der Waals surface area contributed by atoms with Crippen LogP contribution in [0.4, 0.5) is 10.1 Å². The Morgan fingerprint density at radius 2 is 1.95 bits per heavy atom. The van der Waals surface area contributed by atoms with Gasteiger partial charge in [-0.15, -0.1) is 0 Å². The van der Waals surface area contributed by atoms with Crippen LogP contribution in [0.15, 0.2) is 42.5 Å². The van der Waals surface area contributed by atoms with Gasteiger partial charge in [0.2, 0.25) is 0 Å². The van der Waals surface area contributed by atoms with Gasteiger partial charge >= 0.3 is 5.97 Å². The molecule has 21 heavy (non-hydrogen) atoms. The van der Waals surface area contributed by atoms with Crippen molar-refractivity contribution < 1.29 is 19.0 Å². The van der Waals surface area contributed by atoms with Crippen LogP contribution in [0.25, 0.3) is 0 Å². The Morgan fingerprint density at radius 3 is 2.48 bits per heavy atom. The summed E-state index contributed by atoms with van der Waals surface area (Å²) in [5.74, 6) is -1.26. The molecule has 0 aliphatic heterocycles. The average molecular weight is 310 g/mol. The quantitative estimate of drug-likeness (QED) is 0.883. The number of hydrogen-bond acceptors (Lipinski definition) is 3. The Kier molecular flexibility index (Phi) is 4.65. The Bertz CT molecular complexity index is 626. The van der Waals surface area contributed by atoms with Crippen molar-refractivity contribution in [3.8, 4) is 5.75 Å². The normalized spacial score (nSPS) is 11.8. The van der Waals surface area contributed by atoms with Gasteiger partial charge in [0.05, 0.1) is 7.11 Å². The second-order valence-corrected chi connectivity index (χ2v) is 4.69. The van der Waals surface area contributed by atoms with E-state index >= 15 is 0 Å². The van der Waals surface area contributed by atoms with Crippen LogP contribution in [-0.2, 0) is 4.79 Å². The average Bonchev–Trinajstić information content (AvgIpc) is 2.46. The third-order valence-corrected chi connectivity index (χ3v) is 3.27. The van der Waals surface area contributed by atoms with E-state index < -0.39 is 17.8 Å². The molecule has 0 saturated heterocycles. The molecule has 2 N–H and O–H groups in total. The SMILES string of the molecule is COc1ccc(NC(C(=O)O)c2c(F)cccc2Cl)cc1. The predicted octanol–water partition coefficient (Wildman–Crippen LogP) is 3.73. The van der Waals surface area contributed by atoms with E-state index in [-0.39, 0.29) is 10.6 Å². The highest BCUT2D eigenvalue weighted by atomic mass is 35.5. The zero-order valence-corrected chi connectivity index (χ0v) is 11.9. The van der Waals surface area contributed by atoms with Crippen molar-refractivity contribution in [2.75, 3.05) is 12.4 Å². The standard InChI is InChI=1S/C15H13ClFNO3/c1-21-10-7-5-9(6-8-10)18-14(15(19)20)13-11(16)3-2-4-12(13)17/h2-8,14,18H,1H3,(H,19,20). The Balaban J connectivity index is 2.33. The minimum atomic E-state index is -1.29. The van der Waals surface area contributed by atoms with Gasteiger partial charge < -0.3 is 15.2 Å². The summed E-state index contributed by atoms with van der Waals surface area (Å²) >= 11 is 5.92. The van der Waals surface area contributed by atoms with Gasteiger partial charge in [0, 0.05) is 16.3 Å². The van der Waals surface area contributed by atoms with E-state index in [1.165, 1.54) is 25.3 Å². The first-order chi connectivity index (χ1) is 10.0. The van der Waals surface area contributed by atoms with Crippen molar-refractivity contribution in [1.82, 2.24) is 0 Å². The molecule has 0 fully saturated rings. The van der Waals surface area contributed by atoms with Crippen molar-refractivity contribution in [1.29, 1.82) is 0 Å². The molecular weight excluding hydrogens is 297 g/mol. The van der Waals surface area contributed by atoms with E-state index in [0.717, 1.165) is 0 Å². The number of carboxylic acids is 1. The maximum Gasteiger partial charge on any atom is 0.330 e. The topological polar surface area (TPSA) is 58.6 Å². The third-order valence-electron chi connectivity index (χ3n) is 2.94. The maximum atomic E-state index is 13.9. The molecule has 0 aliphatic rings. The van der Waals surface area contributed by atoms with Crippen LogP contribution >= 0.6 is 11.6 Å². The van der Waals surface area contributed by atoms with E-state index in [4.69, 9.17) is 16.3 Å². The van der Waals surface area contributed by atoms with Gasteiger partial charge in [-0.1, -0.05) is 17.7 Å². The summed E-state index contributed by atoms with van der Waals surface area (Å²) in [5, 5.41) is 12.1. The first-order valence-electron chi connectivity index (χ1n) is 6.10. The smallest absolute Gasteiger partial charge is 0.330 e. The number of methoxy groups -OCH3 is 1. The monoisotopic (exact) mass is 309 g/mol. The number of benzene rings is 2. The number of carboxylic acid groups (broad SMARTS) is 1. The van der Waals surface area contributed by atoms with Gasteiger partial charge in [0.25, 0.3) is 0 Å². The molecule has 0 amide bonds. The number of ether oxygens (including phenoxy) is 1. The minimum absolute atomic E-state index is 0.0587. The summed E-state index contributed by atoms with van der Waals surface area (Å²) in [6.45, 7) is 0. The van der Waals surface area contributed by atoms with Crippen LogP contribution in [0, 0.1) is 5.82 Å². The Morgan fingerprint density at radius 1 is 1.29 bits per heavy atom. The summed E-state index contributed by atoms with van der Waals surface area (Å²) in [6.07, 6.45) is 0. The number of anilines is 1. The molecule has 0 saturated carbocycles. The zero-order valence-electron chi connectivity index (χ0n) is 11.1. The van der Waals surface area contributed by atoms with E-state index in [2.05, 4.69) is 5.32 Å². The first-order valence-corrected chi connectivity index (χ1v) is 6.48. The lowest BCUT2D eigenvalue weighted by Gasteiger charge is -2.18. The largest absolute Gasteiger partial charge is 0.497 e. The molecular formula is C15H13ClFNO3. The van der Waals surface area contributed by atoms with Crippen LogP contribution in [0.5, 0.6) is 5.75 Å². The van der Waals surface area contributed by atoms with Crippen molar-refractivity contribution in [3.05, 3.63) is 58.9 Å². The molecule has 0 aliphatic carbocycles. The number of hydrogen-bond donors (Lipinski definition) is 2. The van der Waals surface area contributed by atoms with E-state index in [1.54, 1.807) is 24.3 Å². The second-order valence-electron chi connectivity index (χ2n) is 4.28. The van der Waals surface area contributed by atoms with Gasteiger partial charge in [0.1, 0.15) is 11.6 Å². The Hall–Kier alpha value is -2.27. The lowest BCUT2D eigenvalue weighted by atomic mass is 10.1. The van der Waals surface area contributed by atoms with Crippen LogP contribution in [0.2, 0.25) is 5.02 Å². The van der Waals surface area contributed by atoms with Crippen molar-refractivity contribution in [3.63, 3.8) is 0 Å². The van der Waals surface area contributed by atoms with Crippen LogP contribution in [-0.4, -0.2) is 18.2 Å². The maximum absolute atomic E-state index is 13.9. The number of rotatable bonds is 5. The highest BCUT2D eigenvalue weighted by molar-refractivity contribution is 6.31. The fraction of sp³-hybridized carbons (Fsp3) is 0.133. The minimum Gasteiger partial charge on any atom is -0.497 e. The number of carbonyl (C=O) groups is 1. The molecule has 0 spiro atoms. The van der Waals surface area contributed by atoms with Crippen molar-refractivity contribution in [2.24, 2.45) is 0 Å². The highest BCUT2D eigenvalue weighted by Gasteiger charge is 2.25. The van der Waals surface area contributed by atoms with E-state index in [1.807, 2.05) is 0 Å². The molecule has 1 atom stereocenters. The van der Waals surface area contributed by atoms with Crippen LogP contribution < -0.4 is 10.1 Å². The summed E-state index contributed by atoms with van der Waals surface area (Å²) in [5.41, 5.74) is 0.421. The Labute approximate surface area is 126 Å². The molecule has 0 radical (unpaired) electrons. The molecule has 2 rings (SSSR count). The molecule has 0 heterocycles. The first kappa shape index (κ1) is 15.1. The molecule has 6 heteroatoms. The highest BCUT2D eigenvalue weighted by Crippen LogP contribution is 2.29. The molecule has 0 bridgehead atoms. The van der Waals surface area contributed by atoms with E-state index in [0.29, 0.717) is 11.4 Å².